The lowest BCUT2D eigenvalue weighted by molar-refractivity contribution is 0.0681. The van der Waals surface area contributed by atoms with Crippen molar-refractivity contribution in [2.75, 3.05) is 13.1 Å². The first-order valence-electron chi connectivity index (χ1n) is 7.56. The zero-order chi connectivity index (χ0) is 13.9. The Balaban J connectivity index is 1.44. The molecule has 0 bridgehead atoms. The highest BCUT2D eigenvalue weighted by Gasteiger charge is 2.25. The Hall–Kier alpha value is -0.770. The molecule has 3 unspecified atom stereocenters. The van der Waals surface area contributed by atoms with E-state index < -0.39 is 0 Å². The zero-order valence-electron chi connectivity index (χ0n) is 11.6. The number of fused-ring (bicyclic) bond motifs is 1. The Labute approximate surface area is 125 Å². The Bertz CT molecular complexity index is 466. The third-order valence-electron chi connectivity index (χ3n) is 4.41. The Morgan fingerprint density at radius 3 is 2.95 bits per heavy atom. The van der Waals surface area contributed by atoms with Crippen molar-refractivity contribution in [3.05, 3.63) is 28.8 Å². The van der Waals surface area contributed by atoms with Crippen LogP contribution in [0.5, 0.6) is 5.75 Å². The van der Waals surface area contributed by atoms with E-state index in [0.717, 1.165) is 43.1 Å². The molecule has 0 amide bonds. The molecular weight excluding hydrogens is 274 g/mol. The van der Waals surface area contributed by atoms with Crippen LogP contribution in [0.1, 0.15) is 31.2 Å². The summed E-state index contributed by atoms with van der Waals surface area (Å²) in [7, 11) is 0. The summed E-state index contributed by atoms with van der Waals surface area (Å²) in [5.41, 5.74) is 1.20. The largest absolute Gasteiger partial charge is 0.488 e. The van der Waals surface area contributed by atoms with Gasteiger partial charge in [0.2, 0.25) is 0 Å². The summed E-state index contributed by atoms with van der Waals surface area (Å²) in [5.74, 6) is 1.36. The lowest BCUT2D eigenvalue weighted by Crippen LogP contribution is -2.38. The third kappa shape index (κ3) is 3.27. The number of aliphatic hydroxyl groups is 1. The number of hydrogen-bond acceptors (Lipinski definition) is 3. The molecule has 3 rings (SSSR count). The van der Waals surface area contributed by atoms with Gasteiger partial charge in [-0.05, 0) is 42.5 Å². The van der Waals surface area contributed by atoms with E-state index in [1.807, 2.05) is 18.2 Å². The van der Waals surface area contributed by atoms with Gasteiger partial charge in [0.1, 0.15) is 11.9 Å². The van der Waals surface area contributed by atoms with Crippen LogP contribution in [-0.2, 0) is 6.42 Å². The number of benzene rings is 1. The molecule has 3 nitrogen and oxygen atoms in total. The minimum Gasteiger partial charge on any atom is -0.488 e. The van der Waals surface area contributed by atoms with Crippen LogP contribution in [0, 0.1) is 5.92 Å². The van der Waals surface area contributed by atoms with Crippen LogP contribution in [-0.4, -0.2) is 30.4 Å². The monoisotopic (exact) mass is 295 g/mol. The Morgan fingerprint density at radius 1 is 1.25 bits per heavy atom. The molecule has 0 aromatic heterocycles. The summed E-state index contributed by atoms with van der Waals surface area (Å²) in [6.07, 6.45) is 5.47. The van der Waals surface area contributed by atoms with Gasteiger partial charge < -0.3 is 15.2 Å². The molecule has 0 radical (unpaired) electrons. The molecule has 4 heteroatoms. The highest BCUT2D eigenvalue weighted by molar-refractivity contribution is 6.30. The van der Waals surface area contributed by atoms with Crippen molar-refractivity contribution >= 4 is 11.6 Å². The lowest BCUT2D eigenvalue weighted by Gasteiger charge is -2.28. The standard InChI is InChI=1S/C16H22ClNO2/c17-13-5-6-16-12(7-13)8-14(20-16)10-18-9-11-3-1-2-4-15(11)19/h5-7,11,14-15,18-19H,1-4,8-10H2. The SMILES string of the molecule is OC1CCCCC1CNCC1Cc2cc(Cl)ccc2O1. The van der Waals surface area contributed by atoms with E-state index >= 15 is 0 Å². The second kappa shape index (κ2) is 6.33. The summed E-state index contributed by atoms with van der Waals surface area (Å²) in [6.45, 7) is 1.72. The van der Waals surface area contributed by atoms with Gasteiger partial charge in [0, 0.05) is 24.5 Å². The van der Waals surface area contributed by atoms with Crippen LogP contribution in [0.4, 0.5) is 0 Å². The van der Waals surface area contributed by atoms with Gasteiger partial charge >= 0.3 is 0 Å². The summed E-state index contributed by atoms with van der Waals surface area (Å²) in [6, 6.07) is 5.80. The fraction of sp³-hybridized carbons (Fsp3) is 0.625. The van der Waals surface area contributed by atoms with E-state index in [4.69, 9.17) is 16.3 Å². The average molecular weight is 296 g/mol. The molecule has 1 fully saturated rings. The molecule has 2 aliphatic rings. The first kappa shape index (κ1) is 14.2. The van der Waals surface area contributed by atoms with Crippen molar-refractivity contribution in [1.82, 2.24) is 5.32 Å². The van der Waals surface area contributed by atoms with Gasteiger partial charge in [0.25, 0.3) is 0 Å². The minimum absolute atomic E-state index is 0.128. The van der Waals surface area contributed by atoms with Gasteiger partial charge in [0.05, 0.1) is 6.10 Å². The molecular formula is C16H22ClNO2. The van der Waals surface area contributed by atoms with Crippen molar-refractivity contribution < 1.29 is 9.84 Å². The van der Waals surface area contributed by atoms with E-state index in [2.05, 4.69) is 5.32 Å². The summed E-state index contributed by atoms with van der Waals surface area (Å²) < 4.78 is 5.89. The molecule has 2 N–H and O–H groups in total. The average Bonchev–Trinajstić information content (AvgIpc) is 2.83. The quantitative estimate of drug-likeness (QED) is 0.897. The number of rotatable bonds is 4. The van der Waals surface area contributed by atoms with Crippen molar-refractivity contribution in [1.29, 1.82) is 0 Å². The van der Waals surface area contributed by atoms with Gasteiger partial charge in [0.15, 0.2) is 0 Å². The maximum Gasteiger partial charge on any atom is 0.123 e. The molecule has 1 heterocycles. The number of ether oxygens (including phenoxy) is 1. The van der Waals surface area contributed by atoms with Gasteiger partial charge in [-0.25, -0.2) is 0 Å². The first-order chi connectivity index (χ1) is 9.72. The van der Waals surface area contributed by atoms with E-state index in [0.29, 0.717) is 5.92 Å². The number of hydrogen-bond donors (Lipinski definition) is 2. The highest BCUT2D eigenvalue weighted by Crippen LogP contribution is 2.31. The first-order valence-corrected chi connectivity index (χ1v) is 7.94. The fourth-order valence-corrected chi connectivity index (χ4v) is 3.45. The van der Waals surface area contributed by atoms with Gasteiger partial charge in [-0.2, -0.15) is 0 Å². The zero-order valence-corrected chi connectivity index (χ0v) is 12.4. The number of aliphatic hydroxyl groups excluding tert-OH is 1. The van der Waals surface area contributed by atoms with Crippen molar-refractivity contribution in [3.63, 3.8) is 0 Å². The molecule has 20 heavy (non-hydrogen) atoms. The van der Waals surface area contributed by atoms with Crippen molar-refractivity contribution in [2.24, 2.45) is 5.92 Å². The molecule has 3 atom stereocenters. The summed E-state index contributed by atoms with van der Waals surface area (Å²) in [4.78, 5) is 0. The van der Waals surface area contributed by atoms with E-state index in [-0.39, 0.29) is 12.2 Å². The van der Waals surface area contributed by atoms with Crippen LogP contribution in [0.25, 0.3) is 0 Å². The van der Waals surface area contributed by atoms with Crippen LogP contribution in [0.3, 0.4) is 0 Å². The molecule has 1 aromatic rings. The molecule has 1 saturated carbocycles. The van der Waals surface area contributed by atoms with Gasteiger partial charge in [-0.3, -0.25) is 0 Å². The predicted octanol–water partition coefficient (Wildman–Crippen LogP) is 2.78. The van der Waals surface area contributed by atoms with Crippen LogP contribution in [0.15, 0.2) is 18.2 Å². The Morgan fingerprint density at radius 2 is 2.10 bits per heavy atom. The van der Waals surface area contributed by atoms with Crippen molar-refractivity contribution in [3.8, 4) is 5.75 Å². The van der Waals surface area contributed by atoms with Gasteiger partial charge in [-0.15, -0.1) is 0 Å². The minimum atomic E-state index is -0.128. The number of halogens is 1. The van der Waals surface area contributed by atoms with Crippen molar-refractivity contribution in [2.45, 2.75) is 44.3 Å². The maximum absolute atomic E-state index is 9.95. The summed E-state index contributed by atoms with van der Waals surface area (Å²) >= 11 is 5.99. The molecule has 110 valence electrons. The topological polar surface area (TPSA) is 41.5 Å². The number of nitrogens with one attached hydrogen (secondary N) is 1. The molecule has 1 aromatic carbocycles. The second-order valence-corrected chi connectivity index (χ2v) is 6.40. The van der Waals surface area contributed by atoms with E-state index in [9.17, 15) is 5.11 Å². The summed E-state index contributed by atoms with van der Waals surface area (Å²) in [5, 5.41) is 14.2. The van der Waals surface area contributed by atoms with Crippen LogP contribution in [0.2, 0.25) is 5.02 Å². The maximum atomic E-state index is 9.95. The van der Waals surface area contributed by atoms with Crippen LogP contribution < -0.4 is 10.1 Å². The predicted molar refractivity (Wildman–Crippen MR) is 80.4 cm³/mol. The van der Waals surface area contributed by atoms with E-state index in [1.54, 1.807) is 0 Å². The van der Waals surface area contributed by atoms with Gasteiger partial charge in [-0.1, -0.05) is 24.4 Å². The molecule has 0 saturated heterocycles. The fourth-order valence-electron chi connectivity index (χ4n) is 3.26. The third-order valence-corrected chi connectivity index (χ3v) is 4.65. The lowest BCUT2D eigenvalue weighted by atomic mass is 9.86. The Kier molecular flexibility index (Phi) is 4.49. The molecule has 1 aliphatic carbocycles. The van der Waals surface area contributed by atoms with Crippen LogP contribution >= 0.6 is 11.6 Å². The normalized spacial score (nSPS) is 29.0. The highest BCUT2D eigenvalue weighted by atomic mass is 35.5. The molecule has 1 aliphatic heterocycles. The smallest absolute Gasteiger partial charge is 0.123 e. The second-order valence-electron chi connectivity index (χ2n) is 5.97. The molecule has 0 spiro atoms. The van der Waals surface area contributed by atoms with E-state index in [1.165, 1.54) is 18.4 Å².